The van der Waals surface area contributed by atoms with Crippen molar-refractivity contribution in [3.05, 3.63) is 0 Å². The zero-order valence-corrected chi connectivity index (χ0v) is 11.4. The van der Waals surface area contributed by atoms with E-state index in [9.17, 15) is 13.3 Å². The van der Waals surface area contributed by atoms with E-state index in [-0.39, 0.29) is 12.2 Å². The molecular formula is C12H21F2O3P. The van der Waals surface area contributed by atoms with Crippen molar-refractivity contribution in [2.75, 3.05) is 0 Å². The van der Waals surface area contributed by atoms with Crippen LogP contribution in [0.25, 0.3) is 0 Å². The van der Waals surface area contributed by atoms with Gasteiger partial charge < -0.3 is 9.05 Å². The average Bonchev–Trinajstić information content (AvgIpc) is 2.28. The first-order valence-electron chi connectivity index (χ1n) is 6.79. The fourth-order valence-electron chi connectivity index (χ4n) is 2.69. The summed E-state index contributed by atoms with van der Waals surface area (Å²) in [4.78, 5) is 0. The molecule has 2 saturated carbocycles. The normalized spacial score (nSPS) is 39.4. The highest BCUT2D eigenvalue weighted by molar-refractivity contribution is 7.33. The van der Waals surface area contributed by atoms with Crippen LogP contribution in [0.15, 0.2) is 0 Å². The highest BCUT2D eigenvalue weighted by Crippen LogP contribution is 2.37. The highest BCUT2D eigenvalue weighted by Gasteiger charge is 2.27. The van der Waals surface area contributed by atoms with Crippen LogP contribution in [0.1, 0.15) is 51.4 Å². The Labute approximate surface area is 107 Å². The Balaban J connectivity index is 1.71. The van der Waals surface area contributed by atoms with E-state index in [0.29, 0.717) is 25.7 Å². The molecular weight excluding hydrogens is 261 g/mol. The van der Waals surface area contributed by atoms with Gasteiger partial charge in [-0.1, -0.05) is 0 Å². The van der Waals surface area contributed by atoms with Gasteiger partial charge in [-0.3, -0.25) is 4.57 Å². The van der Waals surface area contributed by atoms with Crippen molar-refractivity contribution in [3.63, 3.8) is 0 Å². The number of halogens is 2. The lowest BCUT2D eigenvalue weighted by Gasteiger charge is -2.27. The number of hydrogen-bond acceptors (Lipinski definition) is 3. The van der Waals surface area contributed by atoms with Crippen LogP contribution in [-0.4, -0.2) is 24.6 Å². The minimum absolute atomic E-state index is 0.301. The summed E-state index contributed by atoms with van der Waals surface area (Å²) in [6.45, 7) is 0. The summed E-state index contributed by atoms with van der Waals surface area (Å²) in [6.07, 6.45) is 2.40. The fraction of sp³-hybridized carbons (Fsp3) is 1.00. The predicted molar refractivity (Wildman–Crippen MR) is 65.5 cm³/mol. The number of hydrogen-bond donors (Lipinski definition) is 0. The molecule has 18 heavy (non-hydrogen) atoms. The molecule has 106 valence electrons. The van der Waals surface area contributed by atoms with Crippen molar-refractivity contribution in [1.82, 2.24) is 0 Å². The standard InChI is InChI=1S/C12H21F2O3P/c13-9-3-1-5-11(7-9)16-18(15)17-12-6-2-4-10(14)8-12/h9-12,18H,1-8H2. The summed E-state index contributed by atoms with van der Waals surface area (Å²) < 4.78 is 48.5. The van der Waals surface area contributed by atoms with E-state index < -0.39 is 20.6 Å². The first-order chi connectivity index (χ1) is 8.63. The second kappa shape index (κ2) is 6.97. The van der Waals surface area contributed by atoms with Gasteiger partial charge in [-0.05, 0) is 38.5 Å². The molecule has 0 N–H and O–H groups in total. The van der Waals surface area contributed by atoms with Crippen molar-refractivity contribution in [2.24, 2.45) is 0 Å². The molecule has 2 aliphatic rings. The molecule has 0 heterocycles. The van der Waals surface area contributed by atoms with Crippen LogP contribution >= 0.6 is 8.25 Å². The Hall–Kier alpha value is 0.01000. The van der Waals surface area contributed by atoms with Gasteiger partial charge in [0.05, 0.1) is 12.2 Å². The Kier molecular flexibility index (Phi) is 5.58. The van der Waals surface area contributed by atoms with Gasteiger partial charge in [-0.25, -0.2) is 8.78 Å². The number of rotatable bonds is 4. The minimum atomic E-state index is -2.62. The van der Waals surface area contributed by atoms with Crippen molar-refractivity contribution >= 4 is 8.25 Å². The van der Waals surface area contributed by atoms with Crippen LogP contribution in [0.3, 0.4) is 0 Å². The van der Waals surface area contributed by atoms with Crippen molar-refractivity contribution in [1.29, 1.82) is 0 Å². The summed E-state index contributed by atoms with van der Waals surface area (Å²) in [6, 6.07) is 0. The lowest BCUT2D eigenvalue weighted by atomic mass is 9.96. The molecule has 4 unspecified atom stereocenters. The molecule has 0 spiro atoms. The Morgan fingerprint density at radius 2 is 1.28 bits per heavy atom. The summed E-state index contributed by atoms with van der Waals surface area (Å²) in [5.74, 6) is 0. The van der Waals surface area contributed by atoms with Crippen LogP contribution in [0.4, 0.5) is 8.78 Å². The molecule has 2 aliphatic carbocycles. The monoisotopic (exact) mass is 282 g/mol. The van der Waals surface area contributed by atoms with E-state index in [4.69, 9.17) is 9.05 Å². The van der Waals surface area contributed by atoms with Gasteiger partial charge in [-0.2, -0.15) is 0 Å². The molecule has 0 aliphatic heterocycles. The lowest BCUT2D eigenvalue weighted by Crippen LogP contribution is -2.24. The fourth-order valence-corrected chi connectivity index (χ4v) is 3.72. The highest BCUT2D eigenvalue weighted by atomic mass is 31.1. The van der Waals surface area contributed by atoms with E-state index in [0.717, 1.165) is 25.7 Å². The smallest absolute Gasteiger partial charge is 0.307 e. The van der Waals surface area contributed by atoms with Gasteiger partial charge in [0.15, 0.2) is 0 Å². The molecule has 0 saturated heterocycles. The molecule has 0 bridgehead atoms. The summed E-state index contributed by atoms with van der Waals surface area (Å²) in [5.41, 5.74) is 0. The molecule has 4 atom stereocenters. The van der Waals surface area contributed by atoms with E-state index in [1.165, 1.54) is 0 Å². The largest absolute Gasteiger partial charge is 0.319 e. The van der Waals surface area contributed by atoms with Gasteiger partial charge in [0.2, 0.25) is 0 Å². The van der Waals surface area contributed by atoms with Gasteiger partial charge >= 0.3 is 8.25 Å². The average molecular weight is 282 g/mol. The Morgan fingerprint density at radius 3 is 1.67 bits per heavy atom. The molecule has 0 aromatic rings. The summed E-state index contributed by atoms with van der Waals surface area (Å²) in [7, 11) is -2.62. The zero-order valence-electron chi connectivity index (χ0n) is 10.4. The predicted octanol–water partition coefficient (Wildman–Crippen LogP) is 3.97. The van der Waals surface area contributed by atoms with Gasteiger partial charge in [0, 0.05) is 12.8 Å². The third-order valence-corrected chi connectivity index (χ3v) is 4.70. The number of alkyl halides is 2. The van der Waals surface area contributed by atoms with Crippen LogP contribution in [0.2, 0.25) is 0 Å². The van der Waals surface area contributed by atoms with Crippen molar-refractivity contribution in [2.45, 2.75) is 75.9 Å². The molecule has 0 amide bonds. The van der Waals surface area contributed by atoms with Crippen LogP contribution in [-0.2, 0) is 13.6 Å². The van der Waals surface area contributed by atoms with Gasteiger partial charge in [-0.15, -0.1) is 0 Å². The molecule has 6 heteroatoms. The topological polar surface area (TPSA) is 35.5 Å². The summed E-state index contributed by atoms with van der Waals surface area (Å²) in [5, 5.41) is 0. The molecule has 0 aromatic carbocycles. The molecule has 2 fully saturated rings. The van der Waals surface area contributed by atoms with E-state index >= 15 is 0 Å². The van der Waals surface area contributed by atoms with Crippen LogP contribution < -0.4 is 0 Å². The Morgan fingerprint density at radius 1 is 0.833 bits per heavy atom. The lowest BCUT2D eigenvalue weighted by molar-refractivity contribution is 0.0582. The first-order valence-corrected chi connectivity index (χ1v) is 8.01. The first kappa shape index (κ1) is 14.4. The van der Waals surface area contributed by atoms with E-state index in [2.05, 4.69) is 0 Å². The van der Waals surface area contributed by atoms with Crippen molar-refractivity contribution in [3.8, 4) is 0 Å². The molecule has 0 radical (unpaired) electrons. The molecule has 2 rings (SSSR count). The van der Waals surface area contributed by atoms with Gasteiger partial charge in [0.1, 0.15) is 12.3 Å². The molecule has 0 aromatic heterocycles. The maximum atomic E-state index is 13.1. The Bertz CT molecular complexity index is 264. The van der Waals surface area contributed by atoms with Crippen LogP contribution in [0, 0.1) is 0 Å². The zero-order chi connectivity index (χ0) is 13.0. The quantitative estimate of drug-likeness (QED) is 0.732. The molecule has 3 nitrogen and oxygen atoms in total. The minimum Gasteiger partial charge on any atom is -0.307 e. The third-order valence-electron chi connectivity index (χ3n) is 3.65. The summed E-state index contributed by atoms with van der Waals surface area (Å²) >= 11 is 0. The van der Waals surface area contributed by atoms with Gasteiger partial charge in [0.25, 0.3) is 0 Å². The van der Waals surface area contributed by atoms with Crippen molar-refractivity contribution < 1.29 is 22.4 Å². The van der Waals surface area contributed by atoms with Crippen LogP contribution in [0.5, 0.6) is 0 Å². The second-order valence-corrected chi connectivity index (χ2v) is 6.23. The maximum Gasteiger partial charge on any atom is 0.319 e. The second-order valence-electron chi connectivity index (χ2n) is 5.26. The van der Waals surface area contributed by atoms with E-state index in [1.54, 1.807) is 0 Å². The van der Waals surface area contributed by atoms with E-state index in [1.807, 2.05) is 0 Å². The maximum absolute atomic E-state index is 13.1. The third kappa shape index (κ3) is 4.60. The SMILES string of the molecule is O=[PH](OC1CCCC(F)C1)OC1CCCC(F)C1.